The smallest absolute Gasteiger partial charge is 0.338 e. The minimum Gasteiger partial charge on any atom is -0.457 e. The van der Waals surface area contributed by atoms with E-state index in [-0.39, 0.29) is 18.5 Å². The van der Waals surface area contributed by atoms with Gasteiger partial charge in [0.15, 0.2) is 5.11 Å². The number of anilines is 2. The number of hydrogen-bond acceptors (Lipinski definition) is 7. The zero-order chi connectivity index (χ0) is 26.3. The Morgan fingerprint density at radius 1 is 0.973 bits per heavy atom. The van der Waals surface area contributed by atoms with E-state index in [0.29, 0.717) is 33.2 Å². The number of carbonyl (C=O) groups excluding carboxylic acids is 2. The molecule has 0 unspecified atom stereocenters. The second-order valence-electron chi connectivity index (χ2n) is 10.1. The lowest BCUT2D eigenvalue weighted by Gasteiger charge is -2.36. The summed E-state index contributed by atoms with van der Waals surface area (Å²) in [7, 11) is 0. The van der Waals surface area contributed by atoms with Gasteiger partial charge in [-0.1, -0.05) is 23.2 Å². The van der Waals surface area contributed by atoms with Crippen LogP contribution in [-0.4, -0.2) is 76.6 Å². The first kappa shape index (κ1) is 26.2. The van der Waals surface area contributed by atoms with E-state index in [0.717, 1.165) is 56.8 Å². The van der Waals surface area contributed by atoms with Crippen molar-refractivity contribution in [1.29, 1.82) is 0 Å². The molecule has 0 saturated carbocycles. The van der Waals surface area contributed by atoms with Crippen molar-refractivity contribution >= 4 is 63.8 Å². The number of nitrogens with zero attached hydrogens (tertiary/aromatic N) is 5. The van der Waals surface area contributed by atoms with E-state index < -0.39 is 5.54 Å². The molecule has 196 valence electrons. The summed E-state index contributed by atoms with van der Waals surface area (Å²) in [6.45, 7) is 9.47. The number of fused-ring (bicyclic) bond motifs is 1. The van der Waals surface area contributed by atoms with Crippen molar-refractivity contribution in [2.45, 2.75) is 38.8 Å². The average molecular weight is 563 g/mol. The van der Waals surface area contributed by atoms with Gasteiger partial charge < -0.3 is 14.5 Å². The molecule has 8 nitrogen and oxygen atoms in total. The molecule has 0 aliphatic carbocycles. The zero-order valence-corrected chi connectivity index (χ0v) is 23.2. The molecule has 3 aliphatic rings. The maximum absolute atomic E-state index is 13.3. The molecular weight excluding hydrogens is 533 g/mol. The third-order valence-corrected chi connectivity index (χ3v) is 8.13. The van der Waals surface area contributed by atoms with E-state index in [2.05, 4.69) is 14.8 Å². The number of carbonyl (C=O) groups is 2. The summed E-state index contributed by atoms with van der Waals surface area (Å²) in [4.78, 5) is 37.5. The van der Waals surface area contributed by atoms with Crippen LogP contribution in [0.25, 0.3) is 0 Å². The molecule has 1 amide bonds. The summed E-state index contributed by atoms with van der Waals surface area (Å²) >= 11 is 17.9. The van der Waals surface area contributed by atoms with Crippen LogP contribution in [0.5, 0.6) is 0 Å². The van der Waals surface area contributed by atoms with Gasteiger partial charge in [-0.05, 0) is 75.8 Å². The predicted molar refractivity (Wildman–Crippen MR) is 149 cm³/mol. The SMILES string of the molecule is CC1(C)C(=O)N(c2ccc3c(c2)COC3=O)C(=S)N1CCCCN1CCN(c2cc(Cl)nc(Cl)c2)CC1. The van der Waals surface area contributed by atoms with Crippen LogP contribution >= 0.6 is 35.4 Å². The molecule has 0 spiro atoms. The van der Waals surface area contributed by atoms with Gasteiger partial charge in [-0.15, -0.1) is 0 Å². The average Bonchev–Trinajstić information content (AvgIpc) is 3.30. The molecule has 0 bridgehead atoms. The first-order chi connectivity index (χ1) is 17.6. The van der Waals surface area contributed by atoms with E-state index in [1.807, 2.05) is 36.9 Å². The first-order valence-electron chi connectivity index (χ1n) is 12.4. The molecule has 0 radical (unpaired) electrons. The van der Waals surface area contributed by atoms with Crippen LogP contribution in [0.2, 0.25) is 10.3 Å². The Balaban J connectivity index is 1.13. The van der Waals surface area contributed by atoms with E-state index in [9.17, 15) is 9.59 Å². The van der Waals surface area contributed by atoms with Crippen molar-refractivity contribution < 1.29 is 14.3 Å². The number of hydrogen-bond donors (Lipinski definition) is 0. The van der Waals surface area contributed by atoms with Gasteiger partial charge in [0.2, 0.25) is 0 Å². The fraction of sp³-hybridized carbons (Fsp3) is 0.462. The maximum Gasteiger partial charge on any atom is 0.338 e. The number of benzene rings is 1. The number of piperazine rings is 1. The molecule has 2 aromatic rings. The Morgan fingerprint density at radius 3 is 2.35 bits per heavy atom. The van der Waals surface area contributed by atoms with Crippen molar-refractivity contribution in [3.8, 4) is 0 Å². The van der Waals surface area contributed by atoms with Gasteiger partial charge >= 0.3 is 5.97 Å². The number of pyridine rings is 1. The molecule has 2 saturated heterocycles. The van der Waals surface area contributed by atoms with Crippen molar-refractivity contribution in [2.75, 3.05) is 49.1 Å². The van der Waals surface area contributed by atoms with Crippen molar-refractivity contribution in [1.82, 2.24) is 14.8 Å². The van der Waals surface area contributed by atoms with Gasteiger partial charge in [0, 0.05) is 44.0 Å². The Morgan fingerprint density at radius 2 is 1.65 bits per heavy atom. The summed E-state index contributed by atoms with van der Waals surface area (Å²) in [5.41, 5.74) is 2.28. The Labute approximate surface area is 232 Å². The molecule has 37 heavy (non-hydrogen) atoms. The fourth-order valence-corrected chi connectivity index (χ4v) is 6.12. The number of halogens is 2. The summed E-state index contributed by atoms with van der Waals surface area (Å²) in [6.07, 6.45) is 1.93. The van der Waals surface area contributed by atoms with E-state index in [1.54, 1.807) is 17.0 Å². The monoisotopic (exact) mass is 561 g/mol. The van der Waals surface area contributed by atoms with Crippen LogP contribution in [0.15, 0.2) is 30.3 Å². The van der Waals surface area contributed by atoms with Crippen molar-refractivity contribution in [3.05, 3.63) is 51.8 Å². The van der Waals surface area contributed by atoms with Gasteiger partial charge in [0.05, 0.1) is 11.3 Å². The lowest BCUT2D eigenvalue weighted by molar-refractivity contribution is -0.123. The first-order valence-corrected chi connectivity index (χ1v) is 13.6. The Bertz CT molecular complexity index is 1230. The number of cyclic esters (lactones) is 1. The van der Waals surface area contributed by atoms with Gasteiger partial charge in [-0.25, -0.2) is 9.78 Å². The second kappa shape index (κ2) is 10.4. The minimum atomic E-state index is -0.735. The number of rotatable bonds is 7. The largest absolute Gasteiger partial charge is 0.457 e. The molecule has 11 heteroatoms. The summed E-state index contributed by atoms with van der Waals surface area (Å²) < 4.78 is 5.10. The zero-order valence-electron chi connectivity index (χ0n) is 20.9. The maximum atomic E-state index is 13.3. The Hall–Kier alpha value is -2.46. The van der Waals surface area contributed by atoms with Crippen LogP contribution in [-0.2, 0) is 16.1 Å². The van der Waals surface area contributed by atoms with Crippen LogP contribution < -0.4 is 9.80 Å². The topological polar surface area (TPSA) is 69.2 Å². The Kier molecular flexibility index (Phi) is 7.33. The number of ether oxygens (including phenoxy) is 1. The normalized spacial score (nSPS) is 19.6. The highest BCUT2D eigenvalue weighted by Crippen LogP contribution is 2.34. The molecule has 5 rings (SSSR count). The van der Waals surface area contributed by atoms with Crippen LogP contribution in [0.1, 0.15) is 42.6 Å². The van der Waals surface area contributed by atoms with Gasteiger partial charge in [0.1, 0.15) is 22.5 Å². The summed E-state index contributed by atoms with van der Waals surface area (Å²) in [5, 5.41) is 1.32. The third kappa shape index (κ3) is 5.14. The molecular formula is C26H29Cl2N5O3S. The predicted octanol–water partition coefficient (Wildman–Crippen LogP) is 4.37. The van der Waals surface area contributed by atoms with E-state index in [1.165, 1.54) is 0 Å². The summed E-state index contributed by atoms with van der Waals surface area (Å²) in [6, 6.07) is 9.01. The molecule has 4 heterocycles. The van der Waals surface area contributed by atoms with Gasteiger partial charge in [-0.2, -0.15) is 0 Å². The quantitative estimate of drug-likeness (QED) is 0.213. The van der Waals surface area contributed by atoms with Gasteiger partial charge in [-0.3, -0.25) is 14.6 Å². The van der Waals surface area contributed by atoms with E-state index in [4.69, 9.17) is 40.2 Å². The van der Waals surface area contributed by atoms with Crippen molar-refractivity contribution in [3.63, 3.8) is 0 Å². The number of aromatic nitrogens is 1. The van der Waals surface area contributed by atoms with Crippen LogP contribution in [0.4, 0.5) is 11.4 Å². The highest BCUT2D eigenvalue weighted by atomic mass is 35.5. The molecule has 1 aromatic heterocycles. The molecule has 0 N–H and O–H groups in total. The molecule has 0 atom stereocenters. The fourth-order valence-electron chi connectivity index (χ4n) is 5.17. The highest BCUT2D eigenvalue weighted by Gasteiger charge is 2.49. The number of unbranched alkanes of at least 4 members (excludes halogenated alkanes) is 1. The lowest BCUT2D eigenvalue weighted by atomic mass is 10.0. The molecule has 2 fully saturated rings. The molecule has 3 aliphatic heterocycles. The number of amides is 1. The van der Waals surface area contributed by atoms with Crippen molar-refractivity contribution in [2.24, 2.45) is 0 Å². The number of esters is 1. The van der Waals surface area contributed by atoms with E-state index >= 15 is 0 Å². The molecule has 1 aromatic carbocycles. The lowest BCUT2D eigenvalue weighted by Crippen LogP contribution is -2.47. The van der Waals surface area contributed by atoms with Gasteiger partial charge in [0.25, 0.3) is 5.91 Å². The summed E-state index contributed by atoms with van der Waals surface area (Å²) in [5.74, 6) is -0.387. The second-order valence-corrected chi connectivity index (χ2v) is 11.2. The third-order valence-electron chi connectivity index (χ3n) is 7.34. The number of thiocarbonyl (C=S) groups is 1. The highest BCUT2D eigenvalue weighted by molar-refractivity contribution is 7.80. The minimum absolute atomic E-state index is 0.0601. The van der Waals surface area contributed by atoms with Crippen LogP contribution in [0.3, 0.4) is 0 Å². The standard InChI is InChI=1S/C26H29Cl2N5O3S/c1-26(2)24(35)33(18-5-6-20-17(13-18)16-36-23(20)34)25(37)32(26)8-4-3-7-30-9-11-31(12-10-30)19-14-21(27)29-22(28)15-19/h5-6,13-15H,3-4,7-12,16H2,1-2H3. The van der Waals surface area contributed by atoms with Crippen LogP contribution in [0, 0.1) is 0 Å².